The van der Waals surface area contributed by atoms with E-state index in [1.807, 2.05) is 68.0 Å². The molecule has 0 aliphatic carbocycles. The van der Waals surface area contributed by atoms with Gasteiger partial charge < -0.3 is 26.5 Å². The van der Waals surface area contributed by atoms with Crippen molar-refractivity contribution in [1.29, 1.82) is 0 Å². The molecule has 6 N–H and O–H groups in total. The highest BCUT2D eigenvalue weighted by molar-refractivity contribution is 5.96. The number of nitrogen functional groups attached to an aromatic ring is 2. The normalized spacial score (nSPS) is 10.7. The van der Waals surface area contributed by atoms with Crippen molar-refractivity contribution in [1.82, 2.24) is 39.8 Å². The molecule has 0 spiro atoms. The second-order valence-corrected chi connectivity index (χ2v) is 20.0. The zero-order valence-electron chi connectivity index (χ0n) is 46.2. The van der Waals surface area contributed by atoms with Crippen molar-refractivity contribution in [2.75, 3.05) is 24.6 Å². The smallest absolute Gasteiger partial charge is 0.421 e. The van der Waals surface area contributed by atoms with Crippen LogP contribution in [-0.4, -0.2) is 71.0 Å². The number of amides is 1. The van der Waals surface area contributed by atoms with E-state index in [9.17, 15) is 14.4 Å². The molecule has 0 aliphatic heterocycles. The van der Waals surface area contributed by atoms with Crippen molar-refractivity contribution in [2.24, 2.45) is 5.11 Å². The van der Waals surface area contributed by atoms with Crippen LogP contribution in [0.4, 0.5) is 16.7 Å². The van der Waals surface area contributed by atoms with E-state index in [4.69, 9.17) is 28.2 Å². The summed E-state index contributed by atoms with van der Waals surface area (Å²) < 4.78 is 8.37. The SMILES string of the molecule is C#CCCCCCc1cn(C(=O)OC(C)(C)C)c(N)n1.CCCCCCCc1ccc(C(=O)CCCn2cc(CCCCCc3cnc(N)[nH]3)nn2)cc1.CCCCCCCc1ccc(C(=O)NCCN=[N+]=[N-])cc1.Cl. The molecule has 1 amide bonds. The number of nitrogens with one attached hydrogen (secondary N) is 2. The van der Waals surface area contributed by atoms with Crippen LogP contribution in [0.3, 0.4) is 0 Å². The molecule has 0 saturated carbocycles. The Balaban J connectivity index is 0.000000410. The van der Waals surface area contributed by atoms with E-state index in [2.05, 4.69) is 72.5 Å². The number of aromatic nitrogens is 7. The van der Waals surface area contributed by atoms with Gasteiger partial charge in [-0.15, -0.1) is 29.8 Å². The Labute approximate surface area is 459 Å². The number of halogens is 1. The van der Waals surface area contributed by atoms with Crippen LogP contribution in [0.25, 0.3) is 10.4 Å². The summed E-state index contributed by atoms with van der Waals surface area (Å²) in [5.74, 6) is 3.34. The van der Waals surface area contributed by atoms with Crippen LogP contribution in [0, 0.1) is 12.3 Å². The number of carbonyl (C=O) groups is 3. The maximum Gasteiger partial charge on any atom is 0.421 e. The molecule has 18 heteroatoms. The molecule has 416 valence electrons. The molecule has 5 aromatic rings. The fourth-order valence-electron chi connectivity index (χ4n) is 8.05. The number of H-pyrrole nitrogens is 1. The Morgan fingerprint density at radius 3 is 1.91 bits per heavy atom. The molecule has 0 fully saturated rings. The van der Waals surface area contributed by atoms with Gasteiger partial charge in [0.2, 0.25) is 5.95 Å². The van der Waals surface area contributed by atoms with Crippen LogP contribution < -0.4 is 16.8 Å². The summed E-state index contributed by atoms with van der Waals surface area (Å²) in [7, 11) is 0. The van der Waals surface area contributed by atoms with Crippen molar-refractivity contribution >= 4 is 42.1 Å². The number of Topliss-reactive ketones (excluding diaryl/α,β-unsaturated/α-hetero) is 1. The van der Waals surface area contributed by atoms with E-state index in [0.717, 1.165) is 113 Å². The Kier molecular flexibility index (Phi) is 33.5. The summed E-state index contributed by atoms with van der Waals surface area (Å²) in [5.41, 5.74) is 25.9. The Hall–Kier alpha value is -6.63. The predicted molar refractivity (Wildman–Crippen MR) is 309 cm³/mol. The first-order valence-electron chi connectivity index (χ1n) is 27.4. The first-order chi connectivity index (χ1) is 36.2. The molecule has 3 heterocycles. The molecule has 76 heavy (non-hydrogen) atoms. The third-order valence-electron chi connectivity index (χ3n) is 12.2. The maximum atomic E-state index is 12.5. The third kappa shape index (κ3) is 28.9. The average Bonchev–Trinajstić information content (AvgIpc) is 4.14. The van der Waals surface area contributed by atoms with E-state index in [1.54, 1.807) is 12.4 Å². The number of ether oxygens (including phenoxy) is 1. The molecule has 0 unspecified atom stereocenters. The number of unbranched alkanes of at least 4 members (excludes halogenated alkanes) is 13. The van der Waals surface area contributed by atoms with Gasteiger partial charge in [-0.3, -0.25) is 14.3 Å². The van der Waals surface area contributed by atoms with E-state index in [1.165, 1.54) is 79.9 Å². The number of terminal acetylenes is 1. The second-order valence-electron chi connectivity index (χ2n) is 20.0. The Morgan fingerprint density at radius 2 is 1.33 bits per heavy atom. The zero-order valence-corrected chi connectivity index (χ0v) is 47.1. The van der Waals surface area contributed by atoms with Gasteiger partial charge in [-0.25, -0.2) is 19.3 Å². The molecule has 0 radical (unpaired) electrons. The summed E-state index contributed by atoms with van der Waals surface area (Å²) in [5, 5.41) is 14.6. The molecular weight excluding hydrogens is 978 g/mol. The largest absolute Gasteiger partial charge is 0.443 e. The van der Waals surface area contributed by atoms with Crippen LogP contribution in [0.5, 0.6) is 0 Å². The number of azide groups is 1. The summed E-state index contributed by atoms with van der Waals surface area (Å²) in [4.78, 5) is 50.1. The molecule has 0 atom stereocenters. The molecule has 0 bridgehead atoms. The number of anilines is 2. The summed E-state index contributed by atoms with van der Waals surface area (Å²) in [6.07, 6.45) is 36.3. The number of imidazole rings is 2. The second kappa shape index (κ2) is 38.9. The fourth-order valence-corrected chi connectivity index (χ4v) is 8.05. The van der Waals surface area contributed by atoms with Crippen LogP contribution in [0.1, 0.15) is 206 Å². The number of hydrogen-bond acceptors (Lipinski definition) is 11. The Bertz CT molecular complexity index is 2460. The molecule has 0 aliphatic rings. The lowest BCUT2D eigenvalue weighted by Crippen LogP contribution is -2.27. The highest BCUT2D eigenvalue weighted by Crippen LogP contribution is 2.17. The van der Waals surface area contributed by atoms with Crippen LogP contribution >= 0.6 is 12.4 Å². The lowest BCUT2D eigenvalue weighted by atomic mass is 10.0. The highest BCUT2D eigenvalue weighted by atomic mass is 35.5. The number of rotatable bonds is 32. The van der Waals surface area contributed by atoms with Gasteiger partial charge in [-0.1, -0.05) is 125 Å². The van der Waals surface area contributed by atoms with Crippen LogP contribution in [-0.2, 0) is 43.4 Å². The van der Waals surface area contributed by atoms with Gasteiger partial charge in [0, 0.05) is 66.6 Å². The molecule has 0 saturated heterocycles. The predicted octanol–water partition coefficient (Wildman–Crippen LogP) is 13.4. The van der Waals surface area contributed by atoms with Crippen LogP contribution in [0.2, 0.25) is 0 Å². The first kappa shape index (κ1) is 65.5. The zero-order chi connectivity index (χ0) is 54.5. The topological polar surface area (TPSA) is 250 Å². The number of aromatic amines is 1. The summed E-state index contributed by atoms with van der Waals surface area (Å²) in [6.45, 7) is 11.2. The molecule has 3 aromatic heterocycles. The van der Waals surface area contributed by atoms with Crippen LogP contribution in [0.15, 0.2) is 72.2 Å². The van der Waals surface area contributed by atoms with Gasteiger partial charge in [0.05, 0.1) is 17.6 Å². The van der Waals surface area contributed by atoms with Crippen molar-refractivity contribution < 1.29 is 19.1 Å². The highest BCUT2D eigenvalue weighted by Gasteiger charge is 2.20. The Morgan fingerprint density at radius 1 is 0.763 bits per heavy atom. The van der Waals surface area contributed by atoms with Gasteiger partial charge in [-0.2, -0.15) is 0 Å². The van der Waals surface area contributed by atoms with E-state index < -0.39 is 11.7 Å². The molecular formula is C58H88ClN13O4. The van der Waals surface area contributed by atoms with Crippen molar-refractivity contribution in [3.8, 4) is 12.3 Å². The van der Waals surface area contributed by atoms with E-state index in [-0.39, 0.29) is 36.6 Å². The minimum atomic E-state index is -0.552. The lowest BCUT2D eigenvalue weighted by molar-refractivity contribution is 0.0540. The number of ketones is 1. The van der Waals surface area contributed by atoms with E-state index in [0.29, 0.717) is 24.5 Å². The number of nitrogens with two attached hydrogens (primary N) is 2. The number of aryl methyl sites for hydroxylation is 6. The van der Waals surface area contributed by atoms with Gasteiger partial charge in [0.1, 0.15) is 5.60 Å². The molecule has 2 aromatic carbocycles. The van der Waals surface area contributed by atoms with Gasteiger partial charge in [0.25, 0.3) is 5.91 Å². The minimum Gasteiger partial charge on any atom is -0.443 e. The maximum absolute atomic E-state index is 12.5. The number of nitrogens with zero attached hydrogens (tertiary/aromatic N) is 9. The van der Waals surface area contributed by atoms with E-state index >= 15 is 0 Å². The number of benzene rings is 2. The fraction of sp³-hybridized carbons (Fsp3) is 0.569. The average molecular weight is 1070 g/mol. The summed E-state index contributed by atoms with van der Waals surface area (Å²) >= 11 is 0. The van der Waals surface area contributed by atoms with Gasteiger partial charge >= 0.3 is 6.09 Å². The standard InChI is InChI=1S/C27H40N6O.C16H24N4O.C15H23N3O2.ClH/c1-2-3-4-5-7-11-22-15-17-23(18-16-22)26(34)14-10-19-33-21-25(31-32-33)13-9-6-8-12-24-20-29-27(28)30-24;1-2-3-4-5-6-7-14-8-10-15(11-9-14)16(21)18-12-13-19-20-17;1-5-6-7-8-9-10-12-11-18(13(16)17-12)14(19)20-15(2,3)4;/h15-18,20-21H,2-14,19H2,1H3,(H3,28,29,30);8-11H,2-7,12-13H2,1H3,(H,18,21);1,11H,6-10H2,2-4H3,(H2,16,17);1H. The van der Waals surface area contributed by atoms with Gasteiger partial charge in [-0.05, 0) is 127 Å². The third-order valence-corrected chi connectivity index (χ3v) is 12.2. The minimum absolute atomic E-state index is 0. The first-order valence-corrected chi connectivity index (χ1v) is 27.4. The lowest BCUT2D eigenvalue weighted by Gasteiger charge is -2.19. The van der Waals surface area contributed by atoms with Crippen molar-refractivity contribution in [3.63, 3.8) is 0 Å². The van der Waals surface area contributed by atoms with Crippen molar-refractivity contribution in [2.45, 2.75) is 201 Å². The van der Waals surface area contributed by atoms with Crippen molar-refractivity contribution in [3.05, 3.63) is 117 Å². The monoisotopic (exact) mass is 1070 g/mol. The van der Waals surface area contributed by atoms with Gasteiger partial charge in [0.15, 0.2) is 11.7 Å². The molecule has 5 rings (SSSR count). The summed E-state index contributed by atoms with van der Waals surface area (Å²) in [6, 6.07) is 15.9. The number of hydrogen-bond donors (Lipinski definition) is 4. The number of carbonyl (C=O) groups excluding carboxylic acids is 3. The molecule has 17 nitrogen and oxygen atoms in total. The quantitative estimate of drug-likeness (QED) is 0.00791.